The molecule has 0 aliphatic heterocycles. The average molecular weight is 3150 g/mol. The molecular formula is C114H119Cl4F4N10O8Pt6-12. The summed E-state index contributed by atoms with van der Waals surface area (Å²) in [7, 11) is 42.1. The summed E-state index contributed by atoms with van der Waals surface area (Å²) in [5.74, 6) is -2.57. The Hall–Kier alpha value is -8.89. The van der Waals surface area contributed by atoms with Crippen molar-refractivity contribution in [2.75, 3.05) is 113 Å². The van der Waals surface area contributed by atoms with Crippen molar-refractivity contribution < 1.29 is 175 Å². The first kappa shape index (κ1) is 143. The van der Waals surface area contributed by atoms with Gasteiger partial charge in [0.05, 0.1) is 0 Å². The van der Waals surface area contributed by atoms with Gasteiger partial charge in [-0.15, -0.1) is 234 Å². The minimum absolute atomic E-state index is 0. The topological polar surface area (TPSA) is 164 Å². The van der Waals surface area contributed by atoms with Gasteiger partial charge < -0.3 is 87.4 Å². The Bertz CT molecular complexity index is 4820. The second-order valence-electron chi connectivity index (χ2n) is 27.8. The Morgan fingerprint density at radius 3 is 0.644 bits per heavy atom. The third-order valence-corrected chi connectivity index (χ3v) is 16.1. The van der Waals surface area contributed by atoms with Crippen molar-refractivity contribution >= 4 is 39.9 Å². The fourth-order valence-corrected chi connectivity index (χ4v) is 10.3. The average Bonchev–Trinajstić information content (AvgIpc) is 0.844. The van der Waals surface area contributed by atoms with Crippen LogP contribution in [0.25, 0.3) is 67.5 Å². The van der Waals surface area contributed by atoms with Crippen molar-refractivity contribution in [3.8, 4) is 67.5 Å². The molecule has 0 aliphatic carbocycles. The molecule has 0 saturated heterocycles. The molecule has 0 aliphatic rings. The van der Waals surface area contributed by atoms with E-state index in [2.05, 4.69) is 114 Å². The third-order valence-electron chi connectivity index (χ3n) is 15.8. The molecule has 10 aromatic carbocycles. The second kappa shape index (κ2) is 101. The van der Waals surface area contributed by atoms with E-state index in [4.69, 9.17) is 30.5 Å². The molecule has 0 saturated carbocycles. The Morgan fingerprint density at radius 2 is 0.479 bits per heavy atom. The van der Waals surface area contributed by atoms with Crippen LogP contribution in [0.3, 0.4) is 0 Å². The Kier molecular flexibility index (Phi) is 98.8. The number of halogens is 8. The molecule has 32 heteroatoms. The van der Waals surface area contributed by atoms with E-state index >= 15 is 0 Å². The van der Waals surface area contributed by atoms with Gasteiger partial charge in [-0.25, -0.2) is 0 Å². The van der Waals surface area contributed by atoms with Gasteiger partial charge in [0.1, 0.15) is 0 Å². The fraction of sp³-hybridized carbons (Fsp3) is 0.140. The van der Waals surface area contributed by atoms with Crippen molar-refractivity contribution in [2.24, 2.45) is 0 Å². The van der Waals surface area contributed by atoms with Gasteiger partial charge in [0.25, 0.3) is 0 Å². The maximum absolute atomic E-state index is 13.2. The molecule has 0 fully saturated rings. The summed E-state index contributed by atoms with van der Waals surface area (Å²) >= 11 is 10.5. The summed E-state index contributed by atoms with van der Waals surface area (Å²) in [5.41, 5.74) is 13.9. The van der Waals surface area contributed by atoms with Gasteiger partial charge >= 0.3 is 106 Å². The number of hydrogen-bond acceptors (Lipinski definition) is 18. The first-order chi connectivity index (χ1) is 69.6. The first-order valence-corrected chi connectivity index (χ1v) is 51.4. The number of methoxy groups -OCH3 is 8. The summed E-state index contributed by atoms with van der Waals surface area (Å²) in [6, 6.07) is 126. The van der Waals surface area contributed by atoms with E-state index in [9.17, 15) is 17.6 Å². The molecule has 6 heterocycles. The van der Waals surface area contributed by atoms with Crippen LogP contribution in [0.2, 0.25) is 0 Å². The first-order valence-electron chi connectivity index (χ1n) is 42.5. The Balaban J connectivity index is -0.000000745. The van der Waals surface area contributed by atoms with E-state index in [1.165, 1.54) is 0 Å². The second-order valence-corrected chi connectivity index (χ2v) is 28.2. The van der Waals surface area contributed by atoms with Gasteiger partial charge in [-0.1, -0.05) is 140 Å². The zero-order valence-electron chi connectivity index (χ0n) is 83.2. The normalized spacial score (nSPS) is 9.22. The zero-order chi connectivity index (χ0) is 106. The molecule has 0 bridgehead atoms. The minimum atomic E-state index is -0.649. The smallest absolute Gasteiger partial charge is 0.305 e. The summed E-state index contributed by atoms with van der Waals surface area (Å²) < 4.78 is 89.2. The third kappa shape index (κ3) is 74.9. The molecule has 16 aromatic rings. The molecule has 0 radical (unpaired) electrons. The molecule has 146 heavy (non-hydrogen) atoms. The summed E-state index contributed by atoms with van der Waals surface area (Å²) in [6.45, 7) is 11.6. The van der Waals surface area contributed by atoms with Crippen LogP contribution in [0, 0.1) is 112 Å². The molecule has 0 unspecified atom stereocenters. The Morgan fingerprint density at radius 1 is 0.274 bits per heavy atom. The van der Waals surface area contributed by atoms with Gasteiger partial charge in [-0.05, 0) is 127 Å². The molecule has 6 aromatic heterocycles. The van der Waals surface area contributed by atoms with Gasteiger partial charge in [-0.3, -0.25) is 17.6 Å². The largest absolute Gasteiger partial charge is 2.00 e. The Labute approximate surface area is 958 Å². The maximum atomic E-state index is 13.2. The van der Waals surface area contributed by atoms with Gasteiger partial charge in [0.15, 0.2) is 0 Å². The molecule has 18 nitrogen and oxygen atoms in total. The molecule has 0 amide bonds. The SMILES string of the molecule is CO[C-](Cl)c1ccccc1.CO[CH-]N(C)C.CO[CH-]N(C)C.CO[CH-]N(C)C.CO[CH-]N(C)C.CO[CH-]c1ccccc1.CO[CH-]c1ccccc1.CO[CH-]c1ccccc1.Fc1c[c-]c(-c2ccccn2)c(F)c1.Fc1c[c-]c(-c2ccccn2)c(F)c1.[Cl][Pt].[Cl][Pt].[Cl][Pt].[Pt+2].[Pt].[Pt].[c-]1ccccc1-c1ccccn1.[c-]1ccccc1-c1ccccn1.[c-]1ccccc1-c1ccccn1.[c-]1ccccc1-c1ccccn1. The van der Waals surface area contributed by atoms with Crippen LogP contribution in [-0.4, -0.2) is 163 Å². The standard InChI is InChI=1S/2C11H6F2N.4C11H8N.C8H8ClO.3C8H9O.4C4H10NO.3ClH.6Pt/c2*12-8-4-5-9(10(13)7-8)11-3-1-2-6-14-11;4*1-2-6-10(7-3-1)11-8-4-5-9-12-11;1-10-8(9)7-5-3-2-4-6-7;3*1-9-7-8-5-3-2-4-6-8;4*1-5(2)4-6-3;;;;;;;;;/h2*1-4,6-7H;4*1-6,8-9H;2-6H,1H3;3*2-7H,1H3;4*4H,1-3H3;3*1H;;;;;;/q14*-1;;;;;;3*+1;+2/p-3. The summed E-state index contributed by atoms with van der Waals surface area (Å²) in [4.78, 5) is 32.1. The van der Waals surface area contributed by atoms with Crippen molar-refractivity contribution in [3.05, 3.63) is 523 Å². The number of ether oxygens (including phenoxy) is 8. The monoisotopic (exact) mass is 3140 g/mol. The van der Waals surface area contributed by atoms with Crippen molar-refractivity contribution in [2.45, 2.75) is 0 Å². The predicted octanol–water partition coefficient (Wildman–Crippen LogP) is 27.1. The fourth-order valence-electron chi connectivity index (χ4n) is 10.1. The molecular weight excluding hydrogens is 3030 g/mol. The summed E-state index contributed by atoms with van der Waals surface area (Å²) in [5, 5.41) is 0. The van der Waals surface area contributed by atoms with Crippen LogP contribution in [0.5, 0.6) is 0 Å². The van der Waals surface area contributed by atoms with E-state index in [1.807, 2.05) is 367 Å². The molecule has 16 rings (SSSR count). The molecule has 0 spiro atoms. The van der Waals surface area contributed by atoms with Gasteiger partial charge in [-0.2, -0.15) is 92.1 Å². The van der Waals surface area contributed by atoms with E-state index in [1.54, 1.807) is 234 Å². The summed E-state index contributed by atoms with van der Waals surface area (Å²) in [6.07, 6.45) is 10.2. The number of benzene rings is 10. The molecule has 801 valence electrons. The van der Waals surface area contributed by atoms with E-state index in [0.29, 0.717) is 17.0 Å². The number of rotatable bonds is 22. The minimum Gasteiger partial charge on any atom is -0.305 e. The maximum Gasteiger partial charge on any atom is 2.00 e. The van der Waals surface area contributed by atoms with Crippen LogP contribution < -0.4 is 0 Å². The van der Waals surface area contributed by atoms with E-state index in [-0.39, 0.29) is 74.3 Å². The van der Waals surface area contributed by atoms with Crippen LogP contribution in [0.1, 0.15) is 22.3 Å². The van der Waals surface area contributed by atoms with Crippen LogP contribution in [0.4, 0.5) is 17.6 Å². The van der Waals surface area contributed by atoms with Crippen LogP contribution in [0.15, 0.2) is 389 Å². The quantitative estimate of drug-likeness (QED) is 0.0464. The van der Waals surface area contributed by atoms with Crippen molar-refractivity contribution in [3.63, 3.8) is 0 Å². The molecule has 0 atom stereocenters. The number of pyridine rings is 6. The van der Waals surface area contributed by atoms with Gasteiger partial charge in [0, 0.05) is 165 Å². The van der Waals surface area contributed by atoms with Gasteiger partial charge in [0.2, 0.25) is 0 Å². The number of nitrogens with zero attached hydrogens (tertiary/aromatic N) is 10. The van der Waals surface area contributed by atoms with Crippen LogP contribution >= 0.6 is 39.9 Å². The van der Waals surface area contributed by atoms with Crippen molar-refractivity contribution in [1.82, 2.24) is 49.5 Å². The predicted molar refractivity (Wildman–Crippen MR) is 561 cm³/mol. The zero-order valence-corrected chi connectivity index (χ0v) is 99.8. The van der Waals surface area contributed by atoms with E-state index < -0.39 is 23.3 Å². The number of hydrogen-bond donors (Lipinski definition) is 0. The van der Waals surface area contributed by atoms with Crippen LogP contribution in [-0.2, 0) is 157 Å². The van der Waals surface area contributed by atoms with Crippen molar-refractivity contribution in [1.29, 1.82) is 0 Å². The molecule has 0 N–H and O–H groups in total. The van der Waals surface area contributed by atoms with E-state index in [0.717, 1.165) is 91.5 Å². The number of aromatic nitrogens is 6.